The zero-order valence-electron chi connectivity index (χ0n) is 22.8. The van der Waals surface area contributed by atoms with Crippen molar-refractivity contribution in [2.24, 2.45) is 46.3 Å². The van der Waals surface area contributed by atoms with Crippen molar-refractivity contribution in [1.82, 2.24) is 0 Å². The molecule has 1 saturated heterocycles. The van der Waals surface area contributed by atoms with Gasteiger partial charge in [0.15, 0.2) is 5.78 Å². The van der Waals surface area contributed by atoms with Crippen LogP contribution in [0, 0.1) is 46.3 Å². The Balaban J connectivity index is 1.22. The van der Waals surface area contributed by atoms with Gasteiger partial charge in [0.1, 0.15) is 12.2 Å². The molecule has 6 nitrogen and oxygen atoms in total. The van der Waals surface area contributed by atoms with Gasteiger partial charge in [-0.05, 0) is 111 Å². The average molecular weight is 505 g/mol. The molecule has 5 fully saturated rings. The summed E-state index contributed by atoms with van der Waals surface area (Å²) in [6.45, 7) is 9.42. The topological polar surface area (TPSA) is 93.1 Å². The second kappa shape index (κ2) is 9.64. The van der Waals surface area contributed by atoms with E-state index in [0.717, 1.165) is 32.1 Å². The van der Waals surface area contributed by atoms with Crippen molar-refractivity contribution in [3.05, 3.63) is 0 Å². The SMILES string of the molecule is CC(CCC(=O)OC1(C)COCC(=O)C1)C1CCC2C3C(O)CC4CC(O)CCC4(C)C3CCC12C. The van der Waals surface area contributed by atoms with Gasteiger partial charge in [0, 0.05) is 6.42 Å². The molecule has 2 N–H and O–H groups in total. The van der Waals surface area contributed by atoms with Crippen LogP contribution in [0.2, 0.25) is 0 Å². The highest BCUT2D eigenvalue weighted by Gasteiger charge is 2.62. The van der Waals surface area contributed by atoms with Gasteiger partial charge in [-0.15, -0.1) is 0 Å². The van der Waals surface area contributed by atoms with E-state index >= 15 is 0 Å². The maximum Gasteiger partial charge on any atom is 0.306 e. The predicted octanol–water partition coefficient (Wildman–Crippen LogP) is 4.68. The lowest BCUT2D eigenvalue weighted by Crippen LogP contribution is -2.58. The molecule has 204 valence electrons. The van der Waals surface area contributed by atoms with E-state index in [2.05, 4.69) is 20.8 Å². The van der Waals surface area contributed by atoms with Crippen LogP contribution in [0.15, 0.2) is 0 Å². The summed E-state index contributed by atoms with van der Waals surface area (Å²) in [5, 5.41) is 21.7. The van der Waals surface area contributed by atoms with Crippen molar-refractivity contribution in [2.45, 2.75) is 116 Å². The molecule has 0 radical (unpaired) electrons. The van der Waals surface area contributed by atoms with Crippen LogP contribution < -0.4 is 0 Å². The summed E-state index contributed by atoms with van der Waals surface area (Å²) < 4.78 is 11.0. The van der Waals surface area contributed by atoms with Crippen molar-refractivity contribution >= 4 is 11.8 Å². The maximum atomic E-state index is 12.7. The fourth-order valence-corrected chi connectivity index (χ4v) is 10.0. The fraction of sp³-hybridized carbons (Fsp3) is 0.933. The van der Waals surface area contributed by atoms with Gasteiger partial charge < -0.3 is 19.7 Å². The number of esters is 1. The molecule has 0 amide bonds. The highest BCUT2D eigenvalue weighted by Crippen LogP contribution is 2.68. The third-order valence-electron chi connectivity index (χ3n) is 11.8. The Labute approximate surface area is 216 Å². The van der Waals surface area contributed by atoms with E-state index in [1.54, 1.807) is 6.92 Å². The van der Waals surface area contributed by atoms with Crippen molar-refractivity contribution in [3.8, 4) is 0 Å². The molecule has 4 saturated carbocycles. The highest BCUT2D eigenvalue weighted by molar-refractivity contribution is 5.82. The van der Waals surface area contributed by atoms with E-state index in [-0.39, 0.29) is 54.4 Å². The van der Waals surface area contributed by atoms with E-state index in [0.29, 0.717) is 41.9 Å². The first-order valence-corrected chi connectivity index (χ1v) is 14.6. The third-order valence-corrected chi connectivity index (χ3v) is 11.8. The molecule has 0 bridgehead atoms. The zero-order chi connectivity index (χ0) is 25.9. The Hall–Kier alpha value is -0.980. The predicted molar refractivity (Wildman–Crippen MR) is 136 cm³/mol. The minimum Gasteiger partial charge on any atom is -0.456 e. The molecular formula is C30H48O6. The van der Waals surface area contributed by atoms with Crippen LogP contribution in [0.25, 0.3) is 0 Å². The van der Waals surface area contributed by atoms with E-state index in [1.807, 2.05) is 0 Å². The van der Waals surface area contributed by atoms with Gasteiger partial charge in [-0.1, -0.05) is 20.8 Å². The van der Waals surface area contributed by atoms with Gasteiger partial charge in [0.05, 0.1) is 25.2 Å². The summed E-state index contributed by atoms with van der Waals surface area (Å²) in [4.78, 5) is 24.4. The number of carbonyl (C=O) groups excluding carboxylic acids is 2. The lowest BCUT2D eigenvalue weighted by molar-refractivity contribution is -0.175. The molecule has 6 heteroatoms. The van der Waals surface area contributed by atoms with E-state index in [1.165, 1.54) is 25.7 Å². The minimum absolute atomic E-state index is 0.0140. The van der Waals surface area contributed by atoms with Gasteiger partial charge in [-0.25, -0.2) is 0 Å². The number of rotatable bonds is 5. The molecule has 0 spiro atoms. The third kappa shape index (κ3) is 4.58. The Morgan fingerprint density at radius 1 is 1.06 bits per heavy atom. The molecule has 0 aromatic carbocycles. The number of carbonyl (C=O) groups is 2. The molecule has 36 heavy (non-hydrogen) atoms. The monoisotopic (exact) mass is 504 g/mol. The van der Waals surface area contributed by atoms with Crippen LogP contribution in [-0.4, -0.2) is 53.0 Å². The van der Waals surface area contributed by atoms with Gasteiger partial charge in [0.25, 0.3) is 0 Å². The largest absolute Gasteiger partial charge is 0.456 e. The van der Waals surface area contributed by atoms with Crippen LogP contribution in [0.1, 0.15) is 98.3 Å². The van der Waals surface area contributed by atoms with Gasteiger partial charge >= 0.3 is 5.97 Å². The molecular weight excluding hydrogens is 456 g/mol. The molecule has 11 unspecified atom stereocenters. The van der Waals surface area contributed by atoms with Crippen LogP contribution in [-0.2, 0) is 19.1 Å². The maximum absolute atomic E-state index is 12.7. The first-order valence-electron chi connectivity index (χ1n) is 14.6. The van der Waals surface area contributed by atoms with E-state index in [4.69, 9.17) is 9.47 Å². The summed E-state index contributed by atoms with van der Waals surface area (Å²) in [5.41, 5.74) is -0.380. The normalized spacial score (nSPS) is 49.5. The molecule has 0 aromatic rings. The fourth-order valence-electron chi connectivity index (χ4n) is 10.0. The minimum atomic E-state index is -0.835. The lowest BCUT2D eigenvalue weighted by atomic mass is 9.43. The summed E-state index contributed by atoms with van der Waals surface area (Å²) in [5.74, 6) is 2.63. The Bertz CT molecular complexity index is 858. The first-order chi connectivity index (χ1) is 16.9. The number of Topliss-reactive ketones (excluding diaryl/α,β-unsaturated/α-hetero) is 1. The highest BCUT2D eigenvalue weighted by atomic mass is 16.6. The first kappa shape index (κ1) is 26.6. The molecule has 5 aliphatic rings. The van der Waals surface area contributed by atoms with Gasteiger partial charge in [-0.2, -0.15) is 0 Å². The number of ether oxygens (including phenoxy) is 2. The van der Waals surface area contributed by atoms with Crippen LogP contribution in [0.5, 0.6) is 0 Å². The van der Waals surface area contributed by atoms with Crippen molar-refractivity contribution in [1.29, 1.82) is 0 Å². The molecule has 1 aliphatic heterocycles. The smallest absolute Gasteiger partial charge is 0.306 e. The number of hydrogen-bond donors (Lipinski definition) is 2. The van der Waals surface area contributed by atoms with Gasteiger partial charge in [0.2, 0.25) is 0 Å². The number of aliphatic hydroxyl groups excluding tert-OH is 2. The number of fused-ring (bicyclic) bond motifs is 5. The second-order valence-corrected chi connectivity index (χ2v) is 14.1. The Kier molecular flexibility index (Phi) is 7.13. The lowest BCUT2D eigenvalue weighted by Gasteiger charge is -2.62. The number of ketones is 1. The standard InChI is InChI=1S/C30H48O6/c1-18(5-8-26(34)36-28(2)15-21(32)16-35-17-28)22-6-7-23-27-24(10-12-30(22,23)4)29(3)11-9-20(31)13-19(29)14-25(27)33/h18-20,22-25,27,31,33H,5-17H2,1-4H3. The van der Waals surface area contributed by atoms with Crippen LogP contribution >= 0.6 is 0 Å². The van der Waals surface area contributed by atoms with Gasteiger partial charge in [-0.3, -0.25) is 9.59 Å². The number of aliphatic hydroxyl groups is 2. The average Bonchev–Trinajstić information content (AvgIpc) is 3.15. The Morgan fingerprint density at radius 2 is 1.78 bits per heavy atom. The molecule has 11 atom stereocenters. The van der Waals surface area contributed by atoms with Crippen molar-refractivity contribution in [3.63, 3.8) is 0 Å². The van der Waals surface area contributed by atoms with E-state index in [9.17, 15) is 19.8 Å². The Morgan fingerprint density at radius 3 is 2.53 bits per heavy atom. The number of hydrogen-bond acceptors (Lipinski definition) is 6. The summed E-state index contributed by atoms with van der Waals surface area (Å²) in [7, 11) is 0. The summed E-state index contributed by atoms with van der Waals surface area (Å²) in [6.07, 6.45) is 9.38. The van der Waals surface area contributed by atoms with Crippen molar-refractivity contribution in [2.75, 3.05) is 13.2 Å². The molecule has 4 aliphatic carbocycles. The van der Waals surface area contributed by atoms with Crippen LogP contribution in [0.3, 0.4) is 0 Å². The summed E-state index contributed by atoms with van der Waals surface area (Å²) >= 11 is 0. The zero-order valence-corrected chi connectivity index (χ0v) is 22.8. The molecule has 1 heterocycles. The second-order valence-electron chi connectivity index (χ2n) is 14.1. The quantitative estimate of drug-likeness (QED) is 0.528. The molecule has 5 rings (SSSR count). The van der Waals surface area contributed by atoms with Crippen molar-refractivity contribution < 1.29 is 29.3 Å². The van der Waals surface area contributed by atoms with E-state index < -0.39 is 5.60 Å². The van der Waals surface area contributed by atoms with Crippen LogP contribution in [0.4, 0.5) is 0 Å². The molecule has 0 aromatic heterocycles. The summed E-state index contributed by atoms with van der Waals surface area (Å²) in [6, 6.07) is 0.